The molecule has 3 rings (SSSR count). The maximum atomic E-state index is 13.0. The molecule has 1 N–H and O–H groups in total. The summed E-state index contributed by atoms with van der Waals surface area (Å²) in [5, 5.41) is 6.31. The van der Waals surface area contributed by atoms with Crippen LogP contribution in [0.4, 0.5) is 5.82 Å². The van der Waals surface area contributed by atoms with Gasteiger partial charge in [0.15, 0.2) is 5.82 Å². The molecule has 0 saturated heterocycles. The van der Waals surface area contributed by atoms with Gasteiger partial charge < -0.3 is 14.7 Å². The molecule has 0 atom stereocenters. The Bertz CT molecular complexity index is 906. The molecule has 6 heteroatoms. The van der Waals surface area contributed by atoms with Gasteiger partial charge in [-0.1, -0.05) is 67.4 Å². The number of unbranched alkanes of at least 4 members (excludes halogenated alkanes) is 2. The maximum Gasteiger partial charge on any atom is 0.254 e. The Morgan fingerprint density at radius 2 is 1.69 bits per heavy atom. The highest BCUT2D eigenvalue weighted by Gasteiger charge is 2.19. The van der Waals surface area contributed by atoms with Crippen LogP contribution in [0.5, 0.6) is 0 Å². The Morgan fingerprint density at radius 3 is 2.34 bits per heavy atom. The lowest BCUT2D eigenvalue weighted by Gasteiger charge is -2.22. The number of aromatic nitrogens is 1. The summed E-state index contributed by atoms with van der Waals surface area (Å²) in [4.78, 5) is 27.0. The number of amides is 2. The van der Waals surface area contributed by atoms with E-state index >= 15 is 0 Å². The van der Waals surface area contributed by atoms with Crippen LogP contribution in [0.15, 0.2) is 71.4 Å². The minimum atomic E-state index is -0.301. The highest BCUT2D eigenvalue weighted by molar-refractivity contribution is 5.99. The average molecular weight is 391 g/mol. The third kappa shape index (κ3) is 5.78. The first-order chi connectivity index (χ1) is 14.2. The standard InChI is InChI=1S/C23H25N3O3/c1-2-3-7-15-26(17-22(27)24-21-14-16-29-25-21)23(28)20-12-10-19(11-13-20)18-8-5-4-6-9-18/h4-6,8-14,16H,2-3,7,15,17H2,1H3,(H,24,25,27). The van der Waals surface area contributed by atoms with Gasteiger partial charge in [-0.3, -0.25) is 9.59 Å². The maximum absolute atomic E-state index is 13.0. The van der Waals surface area contributed by atoms with Crippen molar-refractivity contribution in [3.63, 3.8) is 0 Å². The lowest BCUT2D eigenvalue weighted by molar-refractivity contribution is -0.117. The molecule has 1 aromatic heterocycles. The summed E-state index contributed by atoms with van der Waals surface area (Å²) in [6, 6.07) is 19.0. The first kappa shape index (κ1) is 20.3. The van der Waals surface area contributed by atoms with Gasteiger partial charge in [0.25, 0.3) is 5.91 Å². The van der Waals surface area contributed by atoms with Gasteiger partial charge >= 0.3 is 0 Å². The van der Waals surface area contributed by atoms with Gasteiger partial charge in [0.1, 0.15) is 12.8 Å². The summed E-state index contributed by atoms with van der Waals surface area (Å²) in [6.07, 6.45) is 4.27. The third-order valence-corrected chi connectivity index (χ3v) is 4.60. The fourth-order valence-corrected chi connectivity index (χ4v) is 3.06. The molecule has 29 heavy (non-hydrogen) atoms. The van der Waals surface area contributed by atoms with Crippen LogP contribution in [0.25, 0.3) is 11.1 Å². The van der Waals surface area contributed by atoms with Crippen molar-refractivity contribution < 1.29 is 14.1 Å². The number of carbonyl (C=O) groups is 2. The summed E-state index contributed by atoms with van der Waals surface area (Å²) >= 11 is 0. The molecule has 3 aromatic rings. The molecule has 0 aliphatic rings. The van der Waals surface area contributed by atoms with E-state index in [0.29, 0.717) is 17.9 Å². The molecule has 0 spiro atoms. The number of rotatable bonds is 9. The summed E-state index contributed by atoms with van der Waals surface area (Å²) in [5.41, 5.74) is 2.71. The normalized spacial score (nSPS) is 10.5. The lowest BCUT2D eigenvalue weighted by Crippen LogP contribution is -2.38. The van der Waals surface area contributed by atoms with Crippen molar-refractivity contribution in [1.29, 1.82) is 0 Å². The fraction of sp³-hybridized carbons (Fsp3) is 0.261. The minimum absolute atomic E-state index is 0.0319. The molecule has 150 valence electrons. The largest absolute Gasteiger partial charge is 0.363 e. The topological polar surface area (TPSA) is 75.4 Å². The van der Waals surface area contributed by atoms with E-state index in [1.54, 1.807) is 11.0 Å². The molecule has 0 aliphatic carbocycles. The summed E-state index contributed by atoms with van der Waals surface area (Å²) in [5.74, 6) is -0.121. The third-order valence-electron chi connectivity index (χ3n) is 4.60. The van der Waals surface area contributed by atoms with Crippen LogP contribution in [-0.2, 0) is 4.79 Å². The smallest absolute Gasteiger partial charge is 0.254 e. The van der Waals surface area contributed by atoms with Gasteiger partial charge in [-0.25, -0.2) is 0 Å². The quantitative estimate of drug-likeness (QED) is 0.540. The molecule has 0 bridgehead atoms. The van der Waals surface area contributed by atoms with Crippen LogP contribution >= 0.6 is 0 Å². The van der Waals surface area contributed by atoms with Crippen molar-refractivity contribution in [1.82, 2.24) is 10.1 Å². The monoisotopic (exact) mass is 391 g/mol. The molecule has 6 nitrogen and oxygen atoms in total. The van der Waals surface area contributed by atoms with Gasteiger partial charge in [0.05, 0.1) is 0 Å². The molecule has 0 saturated carbocycles. The second kappa shape index (κ2) is 10.2. The molecule has 2 aromatic carbocycles. The number of nitrogens with zero attached hydrogens (tertiary/aromatic N) is 2. The SMILES string of the molecule is CCCCCN(CC(=O)Nc1ccon1)C(=O)c1ccc(-c2ccccc2)cc1. The average Bonchev–Trinajstić information content (AvgIpc) is 3.26. The molecule has 2 amide bonds. The van der Waals surface area contributed by atoms with E-state index in [1.165, 1.54) is 6.26 Å². The van der Waals surface area contributed by atoms with E-state index in [2.05, 4.69) is 17.4 Å². The van der Waals surface area contributed by atoms with Gasteiger partial charge in [0.2, 0.25) is 5.91 Å². The number of benzene rings is 2. The van der Waals surface area contributed by atoms with Crippen LogP contribution in [0.3, 0.4) is 0 Å². The van der Waals surface area contributed by atoms with Crippen molar-refractivity contribution in [2.45, 2.75) is 26.2 Å². The van der Waals surface area contributed by atoms with E-state index in [4.69, 9.17) is 4.52 Å². The first-order valence-electron chi connectivity index (χ1n) is 9.82. The summed E-state index contributed by atoms with van der Waals surface area (Å²) in [6.45, 7) is 2.60. The fourth-order valence-electron chi connectivity index (χ4n) is 3.06. The van der Waals surface area contributed by atoms with Crippen molar-refractivity contribution in [2.75, 3.05) is 18.4 Å². The van der Waals surface area contributed by atoms with Crippen LogP contribution in [0, 0.1) is 0 Å². The van der Waals surface area contributed by atoms with Gasteiger partial charge in [-0.2, -0.15) is 0 Å². The number of carbonyl (C=O) groups excluding carboxylic acids is 2. The van der Waals surface area contributed by atoms with Crippen LogP contribution < -0.4 is 5.32 Å². The summed E-state index contributed by atoms with van der Waals surface area (Å²) < 4.78 is 4.72. The lowest BCUT2D eigenvalue weighted by atomic mass is 10.0. The molecule has 0 aliphatic heterocycles. The van der Waals surface area contributed by atoms with Gasteiger partial charge in [-0.05, 0) is 29.7 Å². The van der Waals surface area contributed by atoms with E-state index in [1.807, 2.05) is 54.6 Å². The van der Waals surface area contributed by atoms with E-state index in [9.17, 15) is 9.59 Å². The van der Waals surface area contributed by atoms with Crippen LogP contribution in [0.1, 0.15) is 36.5 Å². The zero-order chi connectivity index (χ0) is 20.5. The van der Waals surface area contributed by atoms with Crippen molar-refractivity contribution in [3.05, 3.63) is 72.5 Å². The molecular weight excluding hydrogens is 366 g/mol. The Hall–Kier alpha value is -3.41. The highest BCUT2D eigenvalue weighted by atomic mass is 16.5. The van der Waals surface area contributed by atoms with Gasteiger partial charge in [0, 0.05) is 18.2 Å². The minimum Gasteiger partial charge on any atom is -0.363 e. The zero-order valence-corrected chi connectivity index (χ0v) is 16.5. The van der Waals surface area contributed by atoms with E-state index in [-0.39, 0.29) is 18.4 Å². The molecule has 0 unspecified atom stereocenters. The van der Waals surface area contributed by atoms with Crippen molar-refractivity contribution >= 4 is 17.6 Å². The number of nitrogens with one attached hydrogen (secondary N) is 1. The van der Waals surface area contributed by atoms with Crippen LogP contribution in [0.2, 0.25) is 0 Å². The Morgan fingerprint density at radius 1 is 0.966 bits per heavy atom. The zero-order valence-electron chi connectivity index (χ0n) is 16.5. The van der Waals surface area contributed by atoms with E-state index < -0.39 is 0 Å². The predicted octanol–water partition coefficient (Wildman–Crippen LogP) is 4.61. The first-order valence-corrected chi connectivity index (χ1v) is 9.82. The Kier molecular flexibility index (Phi) is 7.16. The summed E-state index contributed by atoms with van der Waals surface area (Å²) in [7, 11) is 0. The number of anilines is 1. The Labute approximate surface area is 170 Å². The molecule has 0 fully saturated rings. The van der Waals surface area contributed by atoms with Gasteiger partial charge in [-0.15, -0.1) is 0 Å². The van der Waals surface area contributed by atoms with E-state index in [0.717, 1.165) is 30.4 Å². The van der Waals surface area contributed by atoms with Crippen molar-refractivity contribution in [2.24, 2.45) is 0 Å². The molecule has 1 heterocycles. The molecular formula is C23H25N3O3. The number of hydrogen-bond donors (Lipinski definition) is 1. The molecule has 0 radical (unpaired) electrons. The Balaban J connectivity index is 1.70. The highest BCUT2D eigenvalue weighted by Crippen LogP contribution is 2.20. The van der Waals surface area contributed by atoms with Crippen LogP contribution in [-0.4, -0.2) is 35.0 Å². The number of hydrogen-bond acceptors (Lipinski definition) is 4. The second-order valence-corrected chi connectivity index (χ2v) is 6.81. The second-order valence-electron chi connectivity index (χ2n) is 6.81. The predicted molar refractivity (Wildman–Crippen MR) is 112 cm³/mol. The van der Waals surface area contributed by atoms with Crippen molar-refractivity contribution in [3.8, 4) is 11.1 Å².